The van der Waals surface area contributed by atoms with Crippen LogP contribution in [0.2, 0.25) is 0 Å². The Kier molecular flexibility index (Phi) is 5.92. The Labute approximate surface area is 136 Å². The summed E-state index contributed by atoms with van der Waals surface area (Å²) in [6.45, 7) is 4.14. The summed E-state index contributed by atoms with van der Waals surface area (Å²) in [6, 6.07) is 14.8. The third-order valence-corrected chi connectivity index (χ3v) is 3.40. The number of aryl methyl sites for hydroxylation is 2. The van der Waals surface area contributed by atoms with Gasteiger partial charge in [-0.05, 0) is 50.1 Å². The van der Waals surface area contributed by atoms with Crippen LogP contribution in [0.15, 0.2) is 48.5 Å². The fraction of sp³-hybridized carbons (Fsp3) is 0.263. The van der Waals surface area contributed by atoms with Crippen LogP contribution in [0.5, 0.6) is 0 Å². The van der Waals surface area contributed by atoms with E-state index in [1.165, 1.54) is 5.56 Å². The minimum Gasteiger partial charge on any atom is -0.462 e. The summed E-state index contributed by atoms with van der Waals surface area (Å²) >= 11 is 0. The van der Waals surface area contributed by atoms with Gasteiger partial charge in [-0.15, -0.1) is 0 Å². The molecule has 0 radical (unpaired) electrons. The molecule has 4 heteroatoms. The Hall–Kier alpha value is -2.62. The summed E-state index contributed by atoms with van der Waals surface area (Å²) in [6.07, 6.45) is 1.12. The lowest BCUT2D eigenvalue weighted by Gasteiger charge is -2.07. The van der Waals surface area contributed by atoms with Crippen molar-refractivity contribution in [2.24, 2.45) is 0 Å². The average Bonchev–Trinajstić information content (AvgIpc) is 2.54. The first-order chi connectivity index (χ1) is 11.1. The fourth-order valence-corrected chi connectivity index (χ4v) is 2.25. The van der Waals surface area contributed by atoms with E-state index in [1.54, 1.807) is 31.2 Å². The lowest BCUT2D eigenvalue weighted by molar-refractivity contribution is -0.116. The molecule has 0 heterocycles. The number of amides is 1. The summed E-state index contributed by atoms with van der Waals surface area (Å²) < 4.78 is 4.92. The topological polar surface area (TPSA) is 55.4 Å². The molecule has 2 rings (SSSR count). The smallest absolute Gasteiger partial charge is 0.338 e. The van der Waals surface area contributed by atoms with Crippen molar-refractivity contribution < 1.29 is 14.3 Å². The van der Waals surface area contributed by atoms with Crippen LogP contribution in [0.3, 0.4) is 0 Å². The van der Waals surface area contributed by atoms with Crippen molar-refractivity contribution >= 4 is 17.6 Å². The molecular formula is C19H21NO3. The van der Waals surface area contributed by atoms with Crippen LogP contribution in [-0.2, 0) is 16.0 Å². The van der Waals surface area contributed by atoms with E-state index in [4.69, 9.17) is 4.74 Å². The van der Waals surface area contributed by atoms with E-state index in [0.717, 1.165) is 5.56 Å². The number of carbonyl (C=O) groups excluding carboxylic acids is 2. The standard InChI is InChI=1S/C19H21NO3/c1-3-23-19(22)16-8-10-17(11-9-16)20-18(21)12-7-15-6-4-5-14(2)13-15/h4-6,8-11,13H,3,7,12H2,1-2H3,(H,20,21). The highest BCUT2D eigenvalue weighted by Gasteiger charge is 2.07. The van der Waals surface area contributed by atoms with Crippen LogP contribution in [0.4, 0.5) is 5.69 Å². The predicted molar refractivity (Wildman–Crippen MR) is 90.5 cm³/mol. The third-order valence-electron chi connectivity index (χ3n) is 3.40. The molecular weight excluding hydrogens is 290 g/mol. The Bertz CT molecular complexity index is 677. The van der Waals surface area contributed by atoms with E-state index >= 15 is 0 Å². The normalized spacial score (nSPS) is 10.2. The lowest BCUT2D eigenvalue weighted by Crippen LogP contribution is -2.12. The summed E-state index contributed by atoms with van der Waals surface area (Å²) in [4.78, 5) is 23.5. The van der Waals surface area contributed by atoms with Crippen molar-refractivity contribution in [1.82, 2.24) is 0 Å². The van der Waals surface area contributed by atoms with Gasteiger partial charge in [-0.2, -0.15) is 0 Å². The summed E-state index contributed by atoms with van der Waals surface area (Å²) in [7, 11) is 0. The molecule has 0 saturated heterocycles. The molecule has 0 spiro atoms. The van der Waals surface area contributed by atoms with Gasteiger partial charge in [0.15, 0.2) is 0 Å². The fourth-order valence-electron chi connectivity index (χ4n) is 2.25. The quantitative estimate of drug-likeness (QED) is 0.827. The molecule has 0 bridgehead atoms. The molecule has 23 heavy (non-hydrogen) atoms. The molecule has 0 aliphatic heterocycles. The zero-order valence-corrected chi connectivity index (χ0v) is 13.5. The number of nitrogens with one attached hydrogen (secondary N) is 1. The number of carbonyl (C=O) groups is 2. The zero-order chi connectivity index (χ0) is 16.7. The summed E-state index contributed by atoms with van der Waals surface area (Å²) in [5, 5.41) is 2.83. The van der Waals surface area contributed by atoms with E-state index in [9.17, 15) is 9.59 Å². The minimum absolute atomic E-state index is 0.0459. The molecule has 2 aromatic carbocycles. The second kappa shape index (κ2) is 8.13. The first-order valence-electron chi connectivity index (χ1n) is 7.71. The summed E-state index contributed by atoms with van der Waals surface area (Å²) in [5.74, 6) is -0.403. The lowest BCUT2D eigenvalue weighted by atomic mass is 10.1. The highest BCUT2D eigenvalue weighted by molar-refractivity contribution is 5.93. The molecule has 0 unspecified atom stereocenters. The van der Waals surface area contributed by atoms with Crippen LogP contribution >= 0.6 is 0 Å². The van der Waals surface area contributed by atoms with Crippen LogP contribution < -0.4 is 5.32 Å². The van der Waals surface area contributed by atoms with E-state index in [1.807, 2.05) is 25.1 Å². The van der Waals surface area contributed by atoms with Crippen molar-refractivity contribution in [3.05, 3.63) is 65.2 Å². The van der Waals surface area contributed by atoms with Crippen molar-refractivity contribution in [3.63, 3.8) is 0 Å². The maximum atomic E-state index is 12.0. The molecule has 0 aliphatic carbocycles. The summed E-state index contributed by atoms with van der Waals surface area (Å²) in [5.41, 5.74) is 3.49. The van der Waals surface area contributed by atoms with Crippen LogP contribution in [0.25, 0.3) is 0 Å². The molecule has 0 aliphatic rings. The van der Waals surface area contributed by atoms with E-state index < -0.39 is 0 Å². The third kappa shape index (κ3) is 5.25. The number of ether oxygens (including phenoxy) is 1. The second-order valence-corrected chi connectivity index (χ2v) is 5.34. The Morgan fingerprint density at radius 3 is 2.48 bits per heavy atom. The van der Waals surface area contributed by atoms with Crippen molar-refractivity contribution in [2.75, 3.05) is 11.9 Å². The Morgan fingerprint density at radius 2 is 1.83 bits per heavy atom. The van der Waals surface area contributed by atoms with E-state index in [0.29, 0.717) is 30.7 Å². The molecule has 0 atom stereocenters. The van der Waals surface area contributed by atoms with Gasteiger partial charge in [-0.3, -0.25) is 4.79 Å². The van der Waals surface area contributed by atoms with Gasteiger partial charge < -0.3 is 10.1 Å². The SMILES string of the molecule is CCOC(=O)c1ccc(NC(=O)CCc2cccc(C)c2)cc1. The van der Waals surface area contributed by atoms with E-state index in [-0.39, 0.29) is 11.9 Å². The second-order valence-electron chi connectivity index (χ2n) is 5.34. The predicted octanol–water partition coefficient (Wildman–Crippen LogP) is 3.74. The minimum atomic E-state index is -0.357. The van der Waals surface area contributed by atoms with Crippen molar-refractivity contribution in [2.45, 2.75) is 26.7 Å². The van der Waals surface area contributed by atoms with E-state index in [2.05, 4.69) is 11.4 Å². The molecule has 0 fully saturated rings. The van der Waals surface area contributed by atoms with Crippen molar-refractivity contribution in [3.8, 4) is 0 Å². The van der Waals surface area contributed by atoms with Crippen molar-refractivity contribution in [1.29, 1.82) is 0 Å². The van der Waals surface area contributed by atoms with Gasteiger partial charge in [0.25, 0.3) is 0 Å². The van der Waals surface area contributed by atoms with Gasteiger partial charge in [0.1, 0.15) is 0 Å². The average molecular weight is 311 g/mol. The molecule has 4 nitrogen and oxygen atoms in total. The number of hydrogen-bond donors (Lipinski definition) is 1. The Morgan fingerprint density at radius 1 is 1.09 bits per heavy atom. The number of rotatable bonds is 6. The molecule has 2 aromatic rings. The van der Waals surface area contributed by atoms with Crippen LogP contribution in [0, 0.1) is 6.92 Å². The molecule has 1 amide bonds. The van der Waals surface area contributed by atoms with Gasteiger partial charge in [-0.25, -0.2) is 4.79 Å². The number of anilines is 1. The van der Waals surface area contributed by atoms with Gasteiger partial charge in [0.2, 0.25) is 5.91 Å². The molecule has 120 valence electrons. The molecule has 1 N–H and O–H groups in total. The molecule has 0 aromatic heterocycles. The molecule has 0 saturated carbocycles. The number of hydrogen-bond acceptors (Lipinski definition) is 3. The largest absolute Gasteiger partial charge is 0.462 e. The highest BCUT2D eigenvalue weighted by Crippen LogP contribution is 2.12. The first kappa shape index (κ1) is 16.7. The monoisotopic (exact) mass is 311 g/mol. The number of benzene rings is 2. The maximum Gasteiger partial charge on any atom is 0.338 e. The van der Waals surface area contributed by atoms with Crippen LogP contribution in [0.1, 0.15) is 34.8 Å². The highest BCUT2D eigenvalue weighted by atomic mass is 16.5. The number of esters is 1. The van der Waals surface area contributed by atoms with Crippen LogP contribution in [-0.4, -0.2) is 18.5 Å². The zero-order valence-electron chi connectivity index (χ0n) is 13.5. The van der Waals surface area contributed by atoms with Gasteiger partial charge in [0.05, 0.1) is 12.2 Å². The van der Waals surface area contributed by atoms with Gasteiger partial charge in [-0.1, -0.05) is 29.8 Å². The van der Waals surface area contributed by atoms with Gasteiger partial charge in [0, 0.05) is 12.1 Å². The maximum absolute atomic E-state index is 12.0. The van der Waals surface area contributed by atoms with Gasteiger partial charge >= 0.3 is 5.97 Å². The first-order valence-corrected chi connectivity index (χ1v) is 7.71. The Balaban J connectivity index is 1.86.